The molecule has 0 atom stereocenters. The quantitative estimate of drug-likeness (QED) is 0.458. The molecule has 11 heteroatoms. The first-order valence-electron chi connectivity index (χ1n) is 7.68. The minimum atomic E-state index is -4.38. The molecule has 3 rings (SSSR count). The van der Waals surface area contributed by atoms with Crippen molar-refractivity contribution in [3.8, 4) is 0 Å². The summed E-state index contributed by atoms with van der Waals surface area (Å²) in [5.74, 6) is 0.663. The number of nitrogens with zero attached hydrogens (tertiary/aromatic N) is 2. The molecule has 1 aliphatic rings. The Morgan fingerprint density at radius 3 is 2.70 bits per heavy atom. The maximum absolute atomic E-state index is 12.4. The van der Waals surface area contributed by atoms with E-state index in [9.17, 15) is 23.3 Å². The van der Waals surface area contributed by atoms with Crippen LogP contribution in [0.3, 0.4) is 0 Å². The first kappa shape index (κ1) is 18.9. The van der Waals surface area contributed by atoms with E-state index in [1.807, 2.05) is 6.92 Å². The molecular weight excluding hydrogens is 394 g/mol. The summed E-state index contributed by atoms with van der Waals surface area (Å²) < 4.78 is 33.9. The fraction of sp³-hybridized carbons (Fsp3) is 0.125. The number of benzene rings is 1. The van der Waals surface area contributed by atoms with E-state index in [2.05, 4.69) is 9.71 Å². The van der Waals surface area contributed by atoms with Gasteiger partial charge in [-0.3, -0.25) is 20.2 Å². The van der Waals surface area contributed by atoms with Crippen LogP contribution < -0.4 is 5.32 Å². The van der Waals surface area contributed by atoms with Crippen molar-refractivity contribution in [1.82, 2.24) is 5.32 Å². The van der Waals surface area contributed by atoms with Crippen molar-refractivity contribution in [2.45, 2.75) is 18.2 Å². The van der Waals surface area contributed by atoms with Gasteiger partial charge >= 0.3 is 0 Å². The number of amidine groups is 1. The second kappa shape index (κ2) is 7.37. The number of para-hydroxylation sites is 1. The van der Waals surface area contributed by atoms with Gasteiger partial charge in [0.05, 0.1) is 9.83 Å². The molecule has 0 bridgehead atoms. The number of nitrogens with one attached hydrogen (secondary N) is 1. The third kappa shape index (κ3) is 4.09. The van der Waals surface area contributed by atoms with Crippen LogP contribution in [-0.2, 0) is 21.2 Å². The SMILES string of the molecule is CCc1ccc(/C=C2\S/C(=N\S(=O)(=O)c3ccccc3[N+](=O)[O-])NC2=O)o1. The van der Waals surface area contributed by atoms with Crippen molar-refractivity contribution < 1.29 is 22.6 Å². The van der Waals surface area contributed by atoms with Gasteiger partial charge in [-0.05, 0) is 30.0 Å². The molecule has 1 amide bonds. The van der Waals surface area contributed by atoms with Crippen LogP contribution in [0.1, 0.15) is 18.4 Å². The molecule has 0 aliphatic carbocycles. The number of rotatable bonds is 5. The number of amides is 1. The van der Waals surface area contributed by atoms with E-state index < -0.39 is 31.4 Å². The lowest BCUT2D eigenvalue weighted by Gasteiger charge is -2.01. The monoisotopic (exact) mass is 407 g/mol. The molecule has 9 nitrogen and oxygen atoms in total. The van der Waals surface area contributed by atoms with Crippen molar-refractivity contribution in [2.75, 3.05) is 0 Å². The zero-order valence-electron chi connectivity index (χ0n) is 13.9. The lowest BCUT2D eigenvalue weighted by atomic mass is 10.3. The third-order valence-electron chi connectivity index (χ3n) is 3.50. The highest BCUT2D eigenvalue weighted by Crippen LogP contribution is 2.30. The number of furan rings is 1. The van der Waals surface area contributed by atoms with Gasteiger partial charge in [-0.1, -0.05) is 19.1 Å². The molecule has 0 saturated carbocycles. The van der Waals surface area contributed by atoms with Crippen LogP contribution in [0.15, 0.2) is 55.0 Å². The summed E-state index contributed by atoms with van der Waals surface area (Å²) in [5, 5.41) is 13.2. The fourth-order valence-electron chi connectivity index (χ4n) is 2.25. The normalized spacial score (nSPS) is 17.4. The summed E-state index contributed by atoms with van der Waals surface area (Å²) in [7, 11) is -4.38. The molecule has 0 radical (unpaired) electrons. The van der Waals surface area contributed by atoms with E-state index >= 15 is 0 Å². The zero-order valence-corrected chi connectivity index (χ0v) is 15.5. The molecule has 2 heterocycles. The third-order valence-corrected chi connectivity index (χ3v) is 5.85. The number of sulfonamides is 1. The molecule has 1 aromatic carbocycles. The summed E-state index contributed by atoms with van der Waals surface area (Å²) in [5.41, 5.74) is -0.588. The molecule has 0 spiro atoms. The first-order valence-corrected chi connectivity index (χ1v) is 9.94. The number of aryl methyl sites for hydroxylation is 1. The second-order valence-corrected chi connectivity index (χ2v) is 7.92. The Kier molecular flexibility index (Phi) is 5.15. The highest BCUT2D eigenvalue weighted by Gasteiger charge is 2.30. The van der Waals surface area contributed by atoms with E-state index in [4.69, 9.17) is 4.42 Å². The maximum Gasteiger partial charge on any atom is 0.291 e. The van der Waals surface area contributed by atoms with E-state index in [-0.39, 0.29) is 10.1 Å². The Balaban J connectivity index is 1.90. The van der Waals surface area contributed by atoms with Gasteiger partial charge in [0.25, 0.3) is 21.6 Å². The minimum absolute atomic E-state index is 0.188. The highest BCUT2D eigenvalue weighted by atomic mass is 32.2. The van der Waals surface area contributed by atoms with Crippen LogP contribution in [0, 0.1) is 10.1 Å². The van der Waals surface area contributed by atoms with Crippen LogP contribution in [0.5, 0.6) is 0 Å². The van der Waals surface area contributed by atoms with Gasteiger partial charge in [0.2, 0.25) is 0 Å². The number of hydrogen-bond donors (Lipinski definition) is 1. The Labute approximate surface area is 158 Å². The largest absolute Gasteiger partial charge is 0.462 e. The van der Waals surface area contributed by atoms with Gasteiger partial charge in [-0.25, -0.2) is 0 Å². The minimum Gasteiger partial charge on any atom is -0.462 e. The molecule has 140 valence electrons. The average Bonchev–Trinajstić information content (AvgIpc) is 3.21. The number of thioether (sulfide) groups is 1. The standard InChI is InChI=1S/C16H13N3O6S2/c1-2-10-7-8-11(25-10)9-13-15(20)17-16(26-13)18-27(23,24)14-6-4-3-5-12(14)19(21)22/h3-9H,2H2,1H3,(H,17,18,20)/b13-9-. The lowest BCUT2D eigenvalue weighted by Crippen LogP contribution is -2.21. The smallest absolute Gasteiger partial charge is 0.291 e. The van der Waals surface area contributed by atoms with Crippen molar-refractivity contribution in [3.05, 3.63) is 62.9 Å². The number of carbonyl (C=O) groups is 1. The van der Waals surface area contributed by atoms with Gasteiger partial charge in [0, 0.05) is 18.6 Å². The van der Waals surface area contributed by atoms with Crippen molar-refractivity contribution >= 4 is 44.6 Å². The zero-order chi connectivity index (χ0) is 19.6. The van der Waals surface area contributed by atoms with Gasteiger partial charge < -0.3 is 4.42 Å². The number of nitro benzene ring substituents is 1. The summed E-state index contributed by atoms with van der Waals surface area (Å²) in [6.07, 6.45) is 2.17. The Bertz CT molecular complexity index is 1090. The molecule has 1 fully saturated rings. The first-order chi connectivity index (χ1) is 12.8. The van der Waals surface area contributed by atoms with E-state index in [1.54, 1.807) is 12.1 Å². The lowest BCUT2D eigenvalue weighted by molar-refractivity contribution is -0.387. The summed E-state index contributed by atoms with van der Waals surface area (Å²) in [6.45, 7) is 1.92. The average molecular weight is 407 g/mol. The molecule has 2 aromatic rings. The Morgan fingerprint density at radius 2 is 2.04 bits per heavy atom. The van der Waals surface area contributed by atoms with Crippen LogP contribution >= 0.6 is 11.8 Å². The van der Waals surface area contributed by atoms with Crippen molar-refractivity contribution in [3.63, 3.8) is 0 Å². The van der Waals surface area contributed by atoms with Crippen LogP contribution in [-0.4, -0.2) is 24.4 Å². The molecule has 1 N–H and O–H groups in total. The Hall–Kier alpha value is -2.92. The van der Waals surface area contributed by atoms with E-state index in [0.29, 0.717) is 12.2 Å². The van der Waals surface area contributed by atoms with E-state index in [0.717, 1.165) is 29.7 Å². The number of carbonyl (C=O) groups excluding carboxylic acids is 1. The van der Waals surface area contributed by atoms with E-state index in [1.165, 1.54) is 18.2 Å². The highest BCUT2D eigenvalue weighted by molar-refractivity contribution is 8.19. The topological polar surface area (TPSA) is 132 Å². The van der Waals surface area contributed by atoms with Crippen molar-refractivity contribution in [1.29, 1.82) is 0 Å². The van der Waals surface area contributed by atoms with Crippen LogP contribution in [0.25, 0.3) is 6.08 Å². The molecular formula is C16H13N3O6S2. The van der Waals surface area contributed by atoms with Crippen molar-refractivity contribution in [2.24, 2.45) is 4.40 Å². The molecule has 1 aliphatic heterocycles. The predicted molar refractivity (Wildman–Crippen MR) is 99.5 cm³/mol. The van der Waals surface area contributed by atoms with Gasteiger partial charge in [0.15, 0.2) is 10.1 Å². The summed E-state index contributed by atoms with van der Waals surface area (Å²) in [4.78, 5) is 21.9. The molecule has 0 unspecified atom stereocenters. The van der Waals surface area contributed by atoms with Gasteiger partial charge in [0.1, 0.15) is 11.5 Å². The van der Waals surface area contributed by atoms with Crippen LogP contribution in [0.4, 0.5) is 5.69 Å². The fourth-order valence-corrected chi connectivity index (χ4v) is 4.38. The number of nitro groups is 1. The Morgan fingerprint density at radius 1 is 1.30 bits per heavy atom. The van der Waals surface area contributed by atoms with Gasteiger partial charge in [-0.15, -0.1) is 4.40 Å². The maximum atomic E-state index is 12.4. The second-order valence-electron chi connectivity index (χ2n) is 5.32. The van der Waals surface area contributed by atoms with Gasteiger partial charge in [-0.2, -0.15) is 8.42 Å². The van der Waals surface area contributed by atoms with Crippen LogP contribution in [0.2, 0.25) is 0 Å². The molecule has 27 heavy (non-hydrogen) atoms. The molecule has 1 aromatic heterocycles. The molecule has 1 saturated heterocycles. The number of hydrogen-bond acceptors (Lipinski definition) is 7. The predicted octanol–water partition coefficient (Wildman–Crippen LogP) is 2.70. The summed E-state index contributed by atoms with van der Waals surface area (Å²) in [6, 6.07) is 8.34. The summed E-state index contributed by atoms with van der Waals surface area (Å²) >= 11 is 0.808.